The number of pyridine rings is 2. The molecule has 1 aliphatic rings. The molecule has 0 saturated carbocycles. The van der Waals surface area contributed by atoms with Crippen molar-refractivity contribution in [2.24, 2.45) is 0 Å². The zero-order chi connectivity index (χ0) is 27.8. The van der Waals surface area contributed by atoms with Gasteiger partial charge in [0.15, 0.2) is 0 Å². The SMILES string of the molecule is COC(=O)[C@@H](Cc1cc2ccnc(N)c2cc1Cl)N1CC[C@H](NS(=O)(=O)c2cnc(N(C)C)c(Cl)c2)C1=O. The van der Waals surface area contributed by atoms with Crippen molar-refractivity contribution in [2.45, 2.75) is 29.8 Å². The van der Waals surface area contributed by atoms with Crippen LogP contribution in [-0.2, 0) is 30.8 Å². The number of hydrogen-bond donors (Lipinski definition) is 2. The summed E-state index contributed by atoms with van der Waals surface area (Å²) in [7, 11) is 0.540. The average Bonchev–Trinajstić information content (AvgIpc) is 3.21. The summed E-state index contributed by atoms with van der Waals surface area (Å²) < 4.78 is 33.4. The van der Waals surface area contributed by atoms with E-state index < -0.39 is 34.0 Å². The molecule has 0 aliphatic carbocycles. The van der Waals surface area contributed by atoms with Gasteiger partial charge in [-0.3, -0.25) is 4.79 Å². The Hall–Kier alpha value is -3.19. The number of ether oxygens (including phenoxy) is 1. The van der Waals surface area contributed by atoms with Gasteiger partial charge in [-0.2, -0.15) is 4.72 Å². The molecule has 1 aromatic carbocycles. The molecule has 3 aromatic rings. The maximum absolute atomic E-state index is 13.3. The lowest BCUT2D eigenvalue weighted by molar-refractivity contribution is -0.151. The van der Waals surface area contributed by atoms with Crippen LogP contribution in [0.1, 0.15) is 12.0 Å². The normalized spacial score (nSPS) is 16.6. The smallest absolute Gasteiger partial charge is 0.328 e. The third-order valence-corrected chi connectivity index (χ3v) is 8.36. The standard InChI is InChI=1S/C24H26Cl2N6O5S/c1-31(2)22-18(26)10-15(12-29-22)38(35,36)30-19-5-7-32(23(19)33)20(24(34)37-3)9-14-8-13-4-6-28-21(27)16(13)11-17(14)25/h4,6,8,10-12,19-20,30H,5,7,9H2,1-3H3,(H2,27,28)/t19-,20+/m0/s1. The molecular weight excluding hydrogens is 555 g/mol. The molecule has 3 N–H and O–H groups in total. The summed E-state index contributed by atoms with van der Waals surface area (Å²) >= 11 is 12.7. The molecule has 11 nitrogen and oxygen atoms in total. The minimum Gasteiger partial charge on any atom is -0.467 e. The Labute approximate surface area is 229 Å². The number of sulfonamides is 1. The number of anilines is 2. The Balaban J connectivity index is 1.56. The summed E-state index contributed by atoms with van der Waals surface area (Å²) in [5.74, 6) is -0.486. The van der Waals surface area contributed by atoms with Crippen LogP contribution in [-0.4, -0.2) is 75.0 Å². The number of nitrogen functional groups attached to an aromatic ring is 1. The molecule has 4 rings (SSSR count). The summed E-state index contributed by atoms with van der Waals surface area (Å²) in [6.45, 7) is 0.131. The van der Waals surface area contributed by atoms with E-state index in [0.717, 1.165) is 5.39 Å². The van der Waals surface area contributed by atoms with Crippen molar-refractivity contribution in [1.82, 2.24) is 19.6 Å². The van der Waals surface area contributed by atoms with Gasteiger partial charge in [0.25, 0.3) is 0 Å². The van der Waals surface area contributed by atoms with E-state index in [1.54, 1.807) is 43.4 Å². The number of methoxy groups -OCH3 is 1. The van der Waals surface area contributed by atoms with Gasteiger partial charge >= 0.3 is 5.97 Å². The Morgan fingerprint density at radius 3 is 2.66 bits per heavy atom. The third-order valence-electron chi connectivity index (χ3n) is 6.29. The molecule has 14 heteroatoms. The predicted octanol–water partition coefficient (Wildman–Crippen LogP) is 2.25. The number of aromatic nitrogens is 2. The average molecular weight is 581 g/mol. The first kappa shape index (κ1) is 27.8. The molecule has 38 heavy (non-hydrogen) atoms. The number of esters is 1. The van der Waals surface area contributed by atoms with Crippen LogP contribution >= 0.6 is 23.2 Å². The number of rotatable bonds is 8. The van der Waals surface area contributed by atoms with Crippen molar-refractivity contribution in [1.29, 1.82) is 0 Å². The largest absolute Gasteiger partial charge is 0.467 e. The van der Waals surface area contributed by atoms with Crippen LogP contribution in [0.15, 0.2) is 41.6 Å². The number of amides is 1. The number of halogens is 2. The van der Waals surface area contributed by atoms with Crippen LogP contribution in [0.2, 0.25) is 10.0 Å². The molecule has 3 heterocycles. The molecule has 0 unspecified atom stereocenters. The van der Waals surface area contributed by atoms with E-state index in [1.807, 2.05) is 0 Å². The number of carbonyl (C=O) groups excluding carboxylic acids is 2. The number of nitrogens with one attached hydrogen (secondary N) is 1. The van der Waals surface area contributed by atoms with Crippen molar-refractivity contribution in [3.05, 3.63) is 52.3 Å². The summed E-state index contributed by atoms with van der Waals surface area (Å²) in [6, 6.07) is 4.36. The highest BCUT2D eigenvalue weighted by atomic mass is 35.5. The van der Waals surface area contributed by atoms with Crippen molar-refractivity contribution in [3.63, 3.8) is 0 Å². The van der Waals surface area contributed by atoms with Gasteiger partial charge in [0.05, 0.1) is 12.1 Å². The highest BCUT2D eigenvalue weighted by Gasteiger charge is 2.41. The Morgan fingerprint density at radius 2 is 2.00 bits per heavy atom. The van der Waals surface area contributed by atoms with E-state index in [9.17, 15) is 18.0 Å². The number of nitrogens with zero attached hydrogens (tertiary/aromatic N) is 4. The lowest BCUT2D eigenvalue weighted by atomic mass is 10.0. The van der Waals surface area contributed by atoms with Crippen LogP contribution in [0.4, 0.5) is 11.6 Å². The number of likely N-dealkylation sites (tertiary alicyclic amines) is 1. The molecule has 1 amide bonds. The van der Waals surface area contributed by atoms with Crippen LogP contribution in [0, 0.1) is 0 Å². The summed E-state index contributed by atoms with van der Waals surface area (Å²) in [5, 5.41) is 1.93. The van der Waals surface area contributed by atoms with Gasteiger partial charge in [-0.15, -0.1) is 0 Å². The van der Waals surface area contributed by atoms with Crippen molar-refractivity contribution >= 4 is 67.5 Å². The van der Waals surface area contributed by atoms with E-state index in [2.05, 4.69) is 14.7 Å². The minimum atomic E-state index is -4.13. The third kappa shape index (κ3) is 5.48. The Kier molecular flexibility index (Phi) is 7.98. The van der Waals surface area contributed by atoms with E-state index in [4.69, 9.17) is 33.7 Å². The molecule has 2 atom stereocenters. The van der Waals surface area contributed by atoms with Gasteiger partial charge in [0.2, 0.25) is 15.9 Å². The highest BCUT2D eigenvalue weighted by molar-refractivity contribution is 7.89. The van der Waals surface area contributed by atoms with Crippen LogP contribution in [0.3, 0.4) is 0 Å². The maximum Gasteiger partial charge on any atom is 0.328 e. The second kappa shape index (κ2) is 10.9. The number of benzene rings is 1. The summed E-state index contributed by atoms with van der Waals surface area (Å²) in [4.78, 5) is 37.0. The zero-order valence-corrected chi connectivity index (χ0v) is 23.1. The fourth-order valence-electron chi connectivity index (χ4n) is 4.35. The second-order valence-electron chi connectivity index (χ2n) is 8.97. The molecule has 0 spiro atoms. The van der Waals surface area contributed by atoms with E-state index in [1.165, 1.54) is 24.3 Å². The fourth-order valence-corrected chi connectivity index (χ4v) is 6.19. The molecule has 2 aromatic heterocycles. The molecule has 1 fully saturated rings. The first-order valence-corrected chi connectivity index (χ1v) is 13.7. The van der Waals surface area contributed by atoms with Gasteiger partial charge in [0, 0.05) is 49.9 Å². The first-order chi connectivity index (χ1) is 17.9. The fraction of sp³-hybridized carbons (Fsp3) is 0.333. The molecule has 1 aliphatic heterocycles. The molecule has 202 valence electrons. The van der Waals surface area contributed by atoms with Crippen LogP contribution in [0.5, 0.6) is 0 Å². The summed E-state index contributed by atoms with van der Waals surface area (Å²) in [6.07, 6.45) is 2.93. The van der Waals surface area contributed by atoms with Crippen molar-refractivity contribution in [3.8, 4) is 0 Å². The van der Waals surface area contributed by atoms with Gasteiger partial charge in [-0.05, 0) is 41.6 Å². The van der Waals surface area contributed by atoms with Crippen LogP contribution in [0.25, 0.3) is 10.8 Å². The lowest BCUT2D eigenvalue weighted by Gasteiger charge is -2.26. The Bertz CT molecular complexity index is 1520. The molecule has 1 saturated heterocycles. The number of fused-ring (bicyclic) bond motifs is 1. The van der Waals surface area contributed by atoms with Gasteiger partial charge < -0.3 is 20.3 Å². The molecular formula is C24H26Cl2N6O5S. The first-order valence-electron chi connectivity index (χ1n) is 11.5. The quantitative estimate of drug-likeness (QED) is 0.382. The highest BCUT2D eigenvalue weighted by Crippen LogP contribution is 2.30. The summed E-state index contributed by atoms with van der Waals surface area (Å²) in [5.41, 5.74) is 6.53. The topological polar surface area (TPSA) is 148 Å². The number of nitrogens with two attached hydrogens (primary N) is 1. The molecule has 0 bridgehead atoms. The molecule has 0 radical (unpaired) electrons. The van der Waals surface area contributed by atoms with Crippen molar-refractivity contribution in [2.75, 3.05) is 38.4 Å². The van der Waals surface area contributed by atoms with Crippen molar-refractivity contribution < 1.29 is 22.7 Å². The van der Waals surface area contributed by atoms with Gasteiger partial charge in [0.1, 0.15) is 28.6 Å². The van der Waals surface area contributed by atoms with E-state index >= 15 is 0 Å². The zero-order valence-electron chi connectivity index (χ0n) is 20.8. The van der Waals surface area contributed by atoms with Gasteiger partial charge in [-0.25, -0.2) is 23.2 Å². The number of carbonyl (C=O) groups is 2. The maximum atomic E-state index is 13.3. The van der Waals surface area contributed by atoms with Crippen LogP contribution < -0.4 is 15.4 Å². The Morgan fingerprint density at radius 1 is 1.26 bits per heavy atom. The number of hydrogen-bond acceptors (Lipinski definition) is 9. The monoisotopic (exact) mass is 580 g/mol. The van der Waals surface area contributed by atoms with E-state index in [0.29, 0.717) is 27.6 Å². The second-order valence-corrected chi connectivity index (χ2v) is 11.5. The minimum absolute atomic E-state index is 0.0560. The predicted molar refractivity (Wildman–Crippen MR) is 145 cm³/mol. The van der Waals surface area contributed by atoms with Gasteiger partial charge in [-0.1, -0.05) is 23.2 Å². The van der Waals surface area contributed by atoms with E-state index in [-0.39, 0.29) is 29.3 Å². The lowest BCUT2D eigenvalue weighted by Crippen LogP contribution is -2.48.